The standard InChI is InChI=1S/C27H24ClF3N4O2/c28-22-9-7-19(8-10-22)15-35(16-20-4-3-5-21(14-20)27(29,30)31)17-25-34-24(18-37-25)26(36)33-13-11-23-6-1-2-12-32-23/h1-10,12,14,18H,11,13,15-17H2,(H,33,36). The predicted octanol–water partition coefficient (Wildman–Crippen LogP) is 5.92. The van der Waals surface area contributed by atoms with Crippen molar-refractivity contribution in [2.24, 2.45) is 0 Å². The van der Waals surface area contributed by atoms with Gasteiger partial charge < -0.3 is 9.73 Å². The molecule has 4 rings (SSSR count). The molecule has 0 atom stereocenters. The summed E-state index contributed by atoms with van der Waals surface area (Å²) in [4.78, 5) is 22.9. The number of oxazole rings is 1. The minimum atomic E-state index is -4.43. The van der Waals surface area contributed by atoms with Gasteiger partial charge in [0.05, 0.1) is 12.1 Å². The highest BCUT2D eigenvalue weighted by molar-refractivity contribution is 6.30. The van der Waals surface area contributed by atoms with Crippen molar-refractivity contribution >= 4 is 17.5 Å². The summed E-state index contributed by atoms with van der Waals surface area (Å²) in [6.45, 7) is 1.18. The summed E-state index contributed by atoms with van der Waals surface area (Å²) in [6.07, 6.45) is -0.895. The molecule has 0 saturated heterocycles. The van der Waals surface area contributed by atoms with Crippen LogP contribution < -0.4 is 5.32 Å². The third kappa shape index (κ3) is 7.90. The van der Waals surface area contributed by atoms with Crippen molar-refractivity contribution in [3.63, 3.8) is 0 Å². The van der Waals surface area contributed by atoms with Crippen molar-refractivity contribution in [3.8, 4) is 0 Å². The van der Waals surface area contributed by atoms with Crippen LogP contribution in [0.4, 0.5) is 13.2 Å². The van der Waals surface area contributed by atoms with Gasteiger partial charge in [-0.15, -0.1) is 0 Å². The maximum absolute atomic E-state index is 13.2. The van der Waals surface area contributed by atoms with E-state index < -0.39 is 11.7 Å². The van der Waals surface area contributed by atoms with Gasteiger partial charge in [-0.25, -0.2) is 4.98 Å². The summed E-state index contributed by atoms with van der Waals surface area (Å²) in [5.41, 5.74) is 1.67. The van der Waals surface area contributed by atoms with Gasteiger partial charge in [0, 0.05) is 43.0 Å². The summed E-state index contributed by atoms with van der Waals surface area (Å²) in [7, 11) is 0. The van der Waals surface area contributed by atoms with Gasteiger partial charge in [0.2, 0.25) is 5.89 Å². The van der Waals surface area contributed by atoms with Gasteiger partial charge in [0.15, 0.2) is 5.69 Å². The smallest absolute Gasteiger partial charge is 0.416 e. The molecule has 4 aromatic rings. The molecular formula is C27H24ClF3N4O2. The van der Waals surface area contributed by atoms with Gasteiger partial charge in [-0.3, -0.25) is 14.7 Å². The molecule has 2 aromatic heterocycles. The van der Waals surface area contributed by atoms with Crippen LogP contribution in [0.3, 0.4) is 0 Å². The summed E-state index contributed by atoms with van der Waals surface area (Å²) in [5.74, 6) is -0.108. The zero-order valence-electron chi connectivity index (χ0n) is 19.7. The Kier molecular flexibility index (Phi) is 8.58. The van der Waals surface area contributed by atoms with Crippen LogP contribution in [0.5, 0.6) is 0 Å². The van der Waals surface area contributed by atoms with E-state index in [1.54, 1.807) is 24.4 Å². The third-order valence-corrected chi connectivity index (χ3v) is 5.77. The SMILES string of the molecule is O=C(NCCc1ccccn1)c1coc(CN(Cc2ccc(Cl)cc2)Cc2cccc(C(F)(F)F)c2)n1. The van der Waals surface area contributed by atoms with E-state index in [9.17, 15) is 18.0 Å². The average molecular weight is 529 g/mol. The lowest BCUT2D eigenvalue weighted by Crippen LogP contribution is -2.26. The van der Waals surface area contributed by atoms with Crippen LogP contribution >= 0.6 is 11.6 Å². The fourth-order valence-corrected chi connectivity index (χ4v) is 3.87. The van der Waals surface area contributed by atoms with Crippen molar-refractivity contribution in [1.29, 1.82) is 0 Å². The minimum absolute atomic E-state index is 0.126. The highest BCUT2D eigenvalue weighted by Crippen LogP contribution is 2.30. The quantitative estimate of drug-likeness (QED) is 0.277. The monoisotopic (exact) mass is 528 g/mol. The number of halogens is 4. The van der Waals surface area contributed by atoms with Gasteiger partial charge in [-0.2, -0.15) is 13.2 Å². The molecule has 10 heteroatoms. The van der Waals surface area contributed by atoms with Crippen LogP contribution in [0.15, 0.2) is 83.6 Å². The molecule has 0 unspecified atom stereocenters. The lowest BCUT2D eigenvalue weighted by atomic mass is 10.1. The maximum Gasteiger partial charge on any atom is 0.416 e. The number of amides is 1. The Hall–Kier alpha value is -3.69. The second-order valence-electron chi connectivity index (χ2n) is 8.42. The van der Waals surface area contributed by atoms with E-state index in [2.05, 4.69) is 15.3 Å². The number of carbonyl (C=O) groups excluding carboxylic acids is 1. The summed E-state index contributed by atoms with van der Waals surface area (Å²) in [6, 6.07) is 18.0. The van der Waals surface area contributed by atoms with Crippen molar-refractivity contribution in [1.82, 2.24) is 20.2 Å². The number of carbonyl (C=O) groups is 1. The zero-order valence-corrected chi connectivity index (χ0v) is 20.5. The first-order valence-electron chi connectivity index (χ1n) is 11.5. The molecule has 0 saturated carbocycles. The molecule has 0 aliphatic rings. The molecule has 0 bridgehead atoms. The van der Waals surface area contributed by atoms with Gasteiger partial charge in [0.25, 0.3) is 5.91 Å². The molecule has 6 nitrogen and oxygen atoms in total. The van der Waals surface area contributed by atoms with Gasteiger partial charge >= 0.3 is 6.18 Å². The normalized spacial score (nSPS) is 11.6. The van der Waals surface area contributed by atoms with Crippen LogP contribution in [-0.4, -0.2) is 27.3 Å². The molecular weight excluding hydrogens is 505 g/mol. The van der Waals surface area contributed by atoms with E-state index >= 15 is 0 Å². The number of hydrogen-bond acceptors (Lipinski definition) is 5. The van der Waals surface area contributed by atoms with Crippen molar-refractivity contribution in [3.05, 3.63) is 118 Å². The number of benzene rings is 2. The van der Waals surface area contributed by atoms with Crippen LogP contribution in [0, 0.1) is 0 Å². The Labute approximate surface area is 217 Å². The topological polar surface area (TPSA) is 71.3 Å². The number of pyridine rings is 1. The number of hydrogen-bond donors (Lipinski definition) is 1. The Morgan fingerprint density at radius 2 is 1.76 bits per heavy atom. The van der Waals surface area contributed by atoms with E-state index in [0.717, 1.165) is 23.4 Å². The fourth-order valence-electron chi connectivity index (χ4n) is 3.74. The predicted molar refractivity (Wildman–Crippen MR) is 133 cm³/mol. The molecule has 0 fully saturated rings. The van der Waals surface area contributed by atoms with Gasteiger partial charge in [0.1, 0.15) is 6.26 Å². The fraction of sp³-hybridized carbons (Fsp3) is 0.222. The first-order valence-corrected chi connectivity index (χ1v) is 11.9. The molecule has 0 radical (unpaired) electrons. The average Bonchev–Trinajstić information content (AvgIpc) is 3.34. The summed E-state index contributed by atoms with van der Waals surface area (Å²) >= 11 is 5.98. The number of alkyl halides is 3. The first kappa shape index (κ1) is 26.4. The Bertz CT molecular complexity index is 1310. The van der Waals surface area contributed by atoms with E-state index in [1.807, 2.05) is 35.2 Å². The Balaban J connectivity index is 1.44. The summed E-state index contributed by atoms with van der Waals surface area (Å²) in [5, 5.41) is 3.37. The highest BCUT2D eigenvalue weighted by atomic mass is 35.5. The van der Waals surface area contributed by atoms with Gasteiger partial charge in [-0.1, -0.05) is 48.0 Å². The number of nitrogens with one attached hydrogen (secondary N) is 1. The molecule has 1 N–H and O–H groups in total. The Morgan fingerprint density at radius 3 is 2.49 bits per heavy atom. The van der Waals surface area contributed by atoms with E-state index in [-0.39, 0.29) is 30.6 Å². The molecule has 37 heavy (non-hydrogen) atoms. The van der Waals surface area contributed by atoms with Crippen LogP contribution in [0.25, 0.3) is 0 Å². The van der Waals surface area contributed by atoms with Crippen LogP contribution in [0.1, 0.15) is 38.8 Å². The van der Waals surface area contributed by atoms with E-state index in [4.69, 9.17) is 16.0 Å². The van der Waals surface area contributed by atoms with E-state index in [0.29, 0.717) is 30.1 Å². The molecule has 2 aromatic carbocycles. The second-order valence-corrected chi connectivity index (χ2v) is 8.86. The number of nitrogens with zero attached hydrogens (tertiary/aromatic N) is 3. The first-order chi connectivity index (χ1) is 17.8. The second kappa shape index (κ2) is 12.0. The van der Waals surface area contributed by atoms with Crippen molar-refractivity contribution < 1.29 is 22.4 Å². The summed E-state index contributed by atoms with van der Waals surface area (Å²) < 4.78 is 45.1. The van der Waals surface area contributed by atoms with E-state index in [1.165, 1.54) is 12.3 Å². The largest absolute Gasteiger partial charge is 0.447 e. The molecule has 0 aliphatic heterocycles. The highest BCUT2D eigenvalue weighted by Gasteiger charge is 2.30. The molecule has 192 valence electrons. The maximum atomic E-state index is 13.2. The van der Waals surface area contributed by atoms with Gasteiger partial charge in [-0.05, 0) is 41.5 Å². The Morgan fingerprint density at radius 1 is 0.973 bits per heavy atom. The molecule has 0 spiro atoms. The molecule has 2 heterocycles. The van der Waals surface area contributed by atoms with Crippen LogP contribution in [-0.2, 0) is 32.2 Å². The minimum Gasteiger partial charge on any atom is -0.447 e. The lowest BCUT2D eigenvalue weighted by Gasteiger charge is -2.21. The van der Waals surface area contributed by atoms with Crippen LogP contribution in [0.2, 0.25) is 5.02 Å². The zero-order chi connectivity index (χ0) is 26.3. The van der Waals surface area contributed by atoms with Crippen molar-refractivity contribution in [2.75, 3.05) is 6.54 Å². The third-order valence-electron chi connectivity index (χ3n) is 5.52. The number of aromatic nitrogens is 2. The lowest BCUT2D eigenvalue weighted by molar-refractivity contribution is -0.137. The molecule has 0 aliphatic carbocycles. The van der Waals surface area contributed by atoms with Crippen molar-refractivity contribution in [2.45, 2.75) is 32.2 Å². The molecule has 1 amide bonds. The number of rotatable bonds is 10.